The number of benzene rings is 1. The molecule has 0 fully saturated rings. The van der Waals surface area contributed by atoms with Crippen molar-refractivity contribution in [1.82, 2.24) is 0 Å². The van der Waals surface area contributed by atoms with Crippen molar-refractivity contribution in [1.29, 1.82) is 0 Å². The summed E-state index contributed by atoms with van der Waals surface area (Å²) in [7, 11) is 1.61. The monoisotopic (exact) mass is 198 g/mol. The number of carbonyl (C=O) groups excluding carboxylic acids is 1. The Labute approximate surface area is 82.5 Å². The maximum Gasteiger partial charge on any atom is 0.159 e. The fourth-order valence-corrected chi connectivity index (χ4v) is 1.27. The molecule has 1 rings (SSSR count). The van der Waals surface area contributed by atoms with E-state index in [0.29, 0.717) is 17.2 Å². The Hall–Kier alpha value is -0.860. The second kappa shape index (κ2) is 4.40. The fourth-order valence-electron chi connectivity index (χ4n) is 1.04. The minimum absolute atomic E-state index is 0.0193. The summed E-state index contributed by atoms with van der Waals surface area (Å²) in [6.45, 7) is 1.98. The Balaban J connectivity index is 2.98. The van der Waals surface area contributed by atoms with Crippen LogP contribution in [0.15, 0.2) is 18.2 Å². The largest absolute Gasteiger partial charge is 0.380 e. The molecule has 1 aromatic rings. The Morgan fingerprint density at radius 2 is 2.23 bits per heavy atom. The predicted octanol–water partition coefficient (Wildman–Crippen LogP) is 2.69. The molecule has 2 nitrogen and oxygen atoms in total. The van der Waals surface area contributed by atoms with E-state index < -0.39 is 0 Å². The van der Waals surface area contributed by atoms with Gasteiger partial charge in [-0.2, -0.15) is 0 Å². The van der Waals surface area contributed by atoms with Crippen molar-refractivity contribution in [2.24, 2.45) is 0 Å². The minimum atomic E-state index is 0.0193. The third-order valence-electron chi connectivity index (χ3n) is 1.76. The molecule has 0 amide bonds. The quantitative estimate of drug-likeness (QED) is 0.699. The Morgan fingerprint density at radius 3 is 2.69 bits per heavy atom. The summed E-state index contributed by atoms with van der Waals surface area (Å²) in [6.07, 6.45) is 0. The van der Waals surface area contributed by atoms with Gasteiger partial charge in [-0.1, -0.05) is 23.7 Å². The van der Waals surface area contributed by atoms with Gasteiger partial charge in [-0.25, -0.2) is 0 Å². The first-order valence-corrected chi connectivity index (χ1v) is 4.31. The first kappa shape index (κ1) is 10.2. The highest BCUT2D eigenvalue weighted by Crippen LogP contribution is 2.18. The van der Waals surface area contributed by atoms with E-state index in [1.165, 1.54) is 6.92 Å². The first-order valence-electron chi connectivity index (χ1n) is 3.93. The molecule has 0 heterocycles. The number of ether oxygens (including phenoxy) is 1. The van der Waals surface area contributed by atoms with Gasteiger partial charge in [-0.05, 0) is 18.6 Å². The molecule has 0 spiro atoms. The smallest absolute Gasteiger partial charge is 0.159 e. The van der Waals surface area contributed by atoms with Crippen LogP contribution in [0.5, 0.6) is 0 Å². The second-order valence-electron chi connectivity index (χ2n) is 2.80. The summed E-state index contributed by atoms with van der Waals surface area (Å²) in [5.41, 5.74) is 1.53. The van der Waals surface area contributed by atoms with Crippen LogP contribution in [-0.4, -0.2) is 12.9 Å². The van der Waals surface area contributed by atoms with Crippen LogP contribution < -0.4 is 0 Å². The molecule has 3 heteroatoms. The molecule has 13 heavy (non-hydrogen) atoms. The number of hydrogen-bond donors (Lipinski definition) is 0. The Bertz CT molecular complexity index is 321. The molecular formula is C10H11ClO2. The SMILES string of the molecule is COCc1ccc(C(C)=O)cc1Cl. The van der Waals surface area contributed by atoms with Crippen molar-refractivity contribution in [3.63, 3.8) is 0 Å². The first-order chi connectivity index (χ1) is 6.15. The Kier molecular flexibility index (Phi) is 3.46. The predicted molar refractivity (Wildman–Crippen MR) is 52.2 cm³/mol. The van der Waals surface area contributed by atoms with Crippen LogP contribution in [0.1, 0.15) is 22.8 Å². The van der Waals surface area contributed by atoms with Gasteiger partial charge in [0.1, 0.15) is 0 Å². The maximum atomic E-state index is 11.0. The molecule has 0 bridgehead atoms. The molecule has 70 valence electrons. The highest BCUT2D eigenvalue weighted by molar-refractivity contribution is 6.31. The number of halogens is 1. The van der Waals surface area contributed by atoms with E-state index in [1.807, 2.05) is 6.07 Å². The lowest BCUT2D eigenvalue weighted by molar-refractivity contribution is 0.101. The van der Waals surface area contributed by atoms with E-state index in [2.05, 4.69) is 0 Å². The summed E-state index contributed by atoms with van der Waals surface area (Å²) >= 11 is 5.92. The molecule has 0 radical (unpaired) electrons. The lowest BCUT2D eigenvalue weighted by Crippen LogP contribution is -1.94. The van der Waals surface area contributed by atoms with Gasteiger partial charge in [0.05, 0.1) is 6.61 Å². The van der Waals surface area contributed by atoms with Gasteiger partial charge in [0.25, 0.3) is 0 Å². The average Bonchev–Trinajstić information content (AvgIpc) is 2.08. The molecule has 0 saturated heterocycles. The van der Waals surface area contributed by atoms with E-state index >= 15 is 0 Å². The van der Waals surface area contributed by atoms with E-state index in [0.717, 1.165) is 5.56 Å². The molecule has 0 saturated carbocycles. The molecule has 0 aliphatic carbocycles. The van der Waals surface area contributed by atoms with Crippen molar-refractivity contribution >= 4 is 17.4 Å². The van der Waals surface area contributed by atoms with Crippen molar-refractivity contribution in [2.45, 2.75) is 13.5 Å². The summed E-state index contributed by atoms with van der Waals surface area (Å²) in [6, 6.07) is 5.23. The standard InChI is InChI=1S/C10H11ClO2/c1-7(12)8-3-4-9(6-13-2)10(11)5-8/h3-5H,6H2,1-2H3. The van der Waals surface area contributed by atoms with Gasteiger partial charge < -0.3 is 4.74 Å². The van der Waals surface area contributed by atoms with E-state index in [4.69, 9.17) is 16.3 Å². The Morgan fingerprint density at radius 1 is 1.54 bits per heavy atom. The summed E-state index contributed by atoms with van der Waals surface area (Å²) in [4.78, 5) is 11.0. The van der Waals surface area contributed by atoms with Crippen molar-refractivity contribution in [3.05, 3.63) is 34.3 Å². The van der Waals surface area contributed by atoms with Gasteiger partial charge in [0.2, 0.25) is 0 Å². The van der Waals surface area contributed by atoms with Crippen molar-refractivity contribution in [3.8, 4) is 0 Å². The molecule has 0 atom stereocenters. The molecule has 1 aromatic carbocycles. The summed E-state index contributed by atoms with van der Waals surface area (Å²) in [5, 5.41) is 0.578. The van der Waals surface area contributed by atoms with Crippen LogP contribution in [-0.2, 0) is 11.3 Å². The number of ketones is 1. The average molecular weight is 199 g/mol. The zero-order chi connectivity index (χ0) is 9.84. The lowest BCUT2D eigenvalue weighted by atomic mass is 10.1. The zero-order valence-electron chi connectivity index (χ0n) is 7.63. The third kappa shape index (κ3) is 2.54. The van der Waals surface area contributed by atoms with Gasteiger partial charge in [0, 0.05) is 17.7 Å². The van der Waals surface area contributed by atoms with E-state index in [1.54, 1.807) is 19.2 Å². The fraction of sp³-hybridized carbons (Fsp3) is 0.300. The molecule has 0 N–H and O–H groups in total. The van der Waals surface area contributed by atoms with Gasteiger partial charge in [0.15, 0.2) is 5.78 Å². The lowest BCUT2D eigenvalue weighted by Gasteiger charge is -2.03. The van der Waals surface area contributed by atoms with Crippen LogP contribution in [0.2, 0.25) is 5.02 Å². The van der Waals surface area contributed by atoms with Crippen LogP contribution in [0.3, 0.4) is 0 Å². The molecule has 0 unspecified atom stereocenters. The second-order valence-corrected chi connectivity index (χ2v) is 3.20. The zero-order valence-corrected chi connectivity index (χ0v) is 8.39. The molecule has 0 aliphatic heterocycles. The van der Waals surface area contributed by atoms with E-state index in [9.17, 15) is 4.79 Å². The highest BCUT2D eigenvalue weighted by atomic mass is 35.5. The molecule has 0 aromatic heterocycles. The summed E-state index contributed by atoms with van der Waals surface area (Å²) in [5.74, 6) is 0.0193. The van der Waals surface area contributed by atoms with Crippen LogP contribution in [0.4, 0.5) is 0 Å². The molecular weight excluding hydrogens is 188 g/mol. The summed E-state index contributed by atoms with van der Waals surface area (Å²) < 4.78 is 4.94. The number of methoxy groups -OCH3 is 1. The van der Waals surface area contributed by atoms with Crippen LogP contribution in [0.25, 0.3) is 0 Å². The van der Waals surface area contributed by atoms with Crippen molar-refractivity contribution in [2.75, 3.05) is 7.11 Å². The van der Waals surface area contributed by atoms with Gasteiger partial charge in [-0.3, -0.25) is 4.79 Å². The van der Waals surface area contributed by atoms with E-state index in [-0.39, 0.29) is 5.78 Å². The van der Waals surface area contributed by atoms with Gasteiger partial charge >= 0.3 is 0 Å². The maximum absolute atomic E-state index is 11.0. The number of Topliss-reactive ketones (excluding diaryl/α,β-unsaturated/α-hetero) is 1. The van der Waals surface area contributed by atoms with Gasteiger partial charge in [-0.15, -0.1) is 0 Å². The highest BCUT2D eigenvalue weighted by Gasteiger charge is 2.04. The van der Waals surface area contributed by atoms with Crippen molar-refractivity contribution < 1.29 is 9.53 Å². The molecule has 0 aliphatic rings. The topological polar surface area (TPSA) is 26.3 Å². The van der Waals surface area contributed by atoms with Crippen LogP contribution in [0, 0.1) is 0 Å². The normalized spacial score (nSPS) is 10.1. The number of carbonyl (C=O) groups is 1. The number of hydrogen-bond acceptors (Lipinski definition) is 2. The number of rotatable bonds is 3. The third-order valence-corrected chi connectivity index (χ3v) is 2.11. The van der Waals surface area contributed by atoms with Crippen LogP contribution >= 0.6 is 11.6 Å². The minimum Gasteiger partial charge on any atom is -0.380 e.